The molecule has 1 saturated carbocycles. The summed E-state index contributed by atoms with van der Waals surface area (Å²) in [5, 5.41) is 10.1. The number of carbonyl (C=O) groups excluding carboxylic acids is 3. The van der Waals surface area contributed by atoms with Crippen LogP contribution in [0.3, 0.4) is 0 Å². The molecule has 0 bridgehead atoms. The van der Waals surface area contributed by atoms with E-state index in [2.05, 4.69) is 15.7 Å². The third-order valence-corrected chi connectivity index (χ3v) is 5.49. The zero-order chi connectivity index (χ0) is 19.6. The van der Waals surface area contributed by atoms with Gasteiger partial charge in [-0.25, -0.2) is 0 Å². The third-order valence-electron chi connectivity index (χ3n) is 5.49. The summed E-state index contributed by atoms with van der Waals surface area (Å²) in [6.07, 6.45) is 4.96. The maximum absolute atomic E-state index is 13.1. The number of nitrogens with one attached hydrogen (secondary N) is 2. The fourth-order valence-electron chi connectivity index (χ4n) is 3.99. The van der Waals surface area contributed by atoms with E-state index in [1.165, 1.54) is 10.7 Å². The molecule has 1 aliphatic heterocycles. The first-order valence-electron chi connectivity index (χ1n) is 9.89. The molecule has 2 aliphatic rings. The average Bonchev–Trinajstić information content (AvgIpc) is 3.28. The van der Waals surface area contributed by atoms with Gasteiger partial charge >= 0.3 is 0 Å². The van der Waals surface area contributed by atoms with E-state index in [4.69, 9.17) is 0 Å². The van der Waals surface area contributed by atoms with Crippen LogP contribution in [0.4, 0.5) is 0 Å². The van der Waals surface area contributed by atoms with Crippen molar-refractivity contribution in [3.8, 4) is 0 Å². The zero-order valence-electron chi connectivity index (χ0n) is 16.4. The van der Waals surface area contributed by atoms with E-state index in [-0.39, 0.29) is 36.0 Å². The van der Waals surface area contributed by atoms with E-state index in [1.807, 2.05) is 13.8 Å². The summed E-state index contributed by atoms with van der Waals surface area (Å²) in [7, 11) is 0. The lowest BCUT2D eigenvalue weighted by Crippen LogP contribution is -2.65. The first kappa shape index (κ1) is 19.4. The van der Waals surface area contributed by atoms with Crippen LogP contribution >= 0.6 is 0 Å². The fraction of sp³-hybridized carbons (Fsp3) is 0.684. The molecule has 1 aromatic rings. The Morgan fingerprint density at radius 2 is 2.00 bits per heavy atom. The molecule has 1 aliphatic carbocycles. The van der Waals surface area contributed by atoms with Crippen LogP contribution in [0.1, 0.15) is 73.9 Å². The van der Waals surface area contributed by atoms with Crippen molar-refractivity contribution in [2.45, 2.75) is 71.0 Å². The monoisotopic (exact) mass is 375 g/mol. The molecule has 8 heteroatoms. The minimum absolute atomic E-state index is 0.142. The molecule has 0 saturated heterocycles. The maximum Gasteiger partial charge on any atom is 0.273 e. The fourth-order valence-corrected chi connectivity index (χ4v) is 3.99. The average molecular weight is 375 g/mol. The molecular weight excluding hydrogens is 346 g/mol. The van der Waals surface area contributed by atoms with Gasteiger partial charge in [-0.2, -0.15) is 5.10 Å². The Morgan fingerprint density at radius 1 is 1.30 bits per heavy atom. The lowest BCUT2D eigenvalue weighted by Gasteiger charge is -2.43. The van der Waals surface area contributed by atoms with Crippen LogP contribution in [-0.2, 0) is 11.3 Å². The predicted octanol–water partition coefficient (Wildman–Crippen LogP) is 1.32. The number of hydrogen-bond acceptors (Lipinski definition) is 4. The number of fused-ring (bicyclic) bond motifs is 1. The molecule has 1 fully saturated rings. The molecule has 148 valence electrons. The molecule has 0 radical (unpaired) electrons. The van der Waals surface area contributed by atoms with Crippen molar-refractivity contribution >= 4 is 17.7 Å². The number of nitrogens with zero attached hydrogens (tertiary/aromatic N) is 3. The number of carbonyl (C=O) groups is 3. The van der Waals surface area contributed by atoms with Crippen LogP contribution in [0.2, 0.25) is 0 Å². The van der Waals surface area contributed by atoms with Crippen molar-refractivity contribution in [1.82, 2.24) is 25.3 Å². The Labute approximate surface area is 159 Å². The number of hydrogen-bond donors (Lipinski definition) is 2. The number of aromatic nitrogens is 2. The quantitative estimate of drug-likeness (QED) is 0.784. The van der Waals surface area contributed by atoms with Crippen LogP contribution in [0.15, 0.2) is 6.07 Å². The van der Waals surface area contributed by atoms with Crippen LogP contribution in [-0.4, -0.2) is 57.1 Å². The Hall–Kier alpha value is -2.38. The number of rotatable bonds is 6. The largest absolute Gasteiger partial charge is 0.351 e. The highest BCUT2D eigenvalue weighted by Crippen LogP contribution is 2.29. The molecule has 1 unspecified atom stereocenters. The predicted molar refractivity (Wildman–Crippen MR) is 100 cm³/mol. The normalized spacial score (nSPS) is 22.6. The molecule has 0 aromatic carbocycles. The Balaban J connectivity index is 1.91. The van der Waals surface area contributed by atoms with Gasteiger partial charge in [0.2, 0.25) is 5.91 Å². The summed E-state index contributed by atoms with van der Waals surface area (Å²) in [5.41, 5.74) is -0.458. The van der Waals surface area contributed by atoms with E-state index in [9.17, 15) is 14.4 Å². The first-order chi connectivity index (χ1) is 12.9. The van der Waals surface area contributed by atoms with Gasteiger partial charge < -0.3 is 15.5 Å². The summed E-state index contributed by atoms with van der Waals surface area (Å²) in [5.74, 6) is -0.710. The van der Waals surface area contributed by atoms with Gasteiger partial charge in [-0.15, -0.1) is 0 Å². The van der Waals surface area contributed by atoms with E-state index in [0.29, 0.717) is 18.8 Å². The van der Waals surface area contributed by atoms with Gasteiger partial charge in [-0.3, -0.25) is 19.1 Å². The summed E-state index contributed by atoms with van der Waals surface area (Å²) in [6.45, 7) is 6.81. The van der Waals surface area contributed by atoms with E-state index < -0.39 is 5.54 Å². The molecule has 8 nitrogen and oxygen atoms in total. The molecule has 1 aromatic heterocycles. The van der Waals surface area contributed by atoms with Gasteiger partial charge in [0.15, 0.2) is 5.69 Å². The van der Waals surface area contributed by atoms with Gasteiger partial charge in [0.05, 0.1) is 6.54 Å². The topological polar surface area (TPSA) is 96.3 Å². The highest BCUT2D eigenvalue weighted by Gasteiger charge is 2.48. The minimum Gasteiger partial charge on any atom is -0.351 e. The van der Waals surface area contributed by atoms with Crippen molar-refractivity contribution in [2.75, 3.05) is 13.1 Å². The van der Waals surface area contributed by atoms with Crippen LogP contribution in [0.25, 0.3) is 0 Å². The molecule has 0 spiro atoms. The second-order valence-electron chi connectivity index (χ2n) is 7.62. The van der Waals surface area contributed by atoms with Crippen LogP contribution < -0.4 is 10.6 Å². The van der Waals surface area contributed by atoms with Crippen LogP contribution in [0.5, 0.6) is 0 Å². The smallest absolute Gasteiger partial charge is 0.273 e. The highest BCUT2D eigenvalue weighted by atomic mass is 16.2. The van der Waals surface area contributed by atoms with Crippen molar-refractivity contribution in [3.63, 3.8) is 0 Å². The van der Waals surface area contributed by atoms with Crippen molar-refractivity contribution in [1.29, 1.82) is 0 Å². The van der Waals surface area contributed by atoms with E-state index >= 15 is 0 Å². The highest BCUT2D eigenvalue weighted by molar-refractivity contribution is 6.01. The van der Waals surface area contributed by atoms with Crippen molar-refractivity contribution in [3.05, 3.63) is 17.5 Å². The van der Waals surface area contributed by atoms with Gasteiger partial charge in [0.25, 0.3) is 11.8 Å². The summed E-state index contributed by atoms with van der Waals surface area (Å²) in [4.78, 5) is 40.0. The molecule has 2 N–H and O–H groups in total. The van der Waals surface area contributed by atoms with Gasteiger partial charge in [0, 0.05) is 25.2 Å². The van der Waals surface area contributed by atoms with Crippen molar-refractivity contribution in [2.24, 2.45) is 0 Å². The van der Waals surface area contributed by atoms with E-state index in [0.717, 1.165) is 32.1 Å². The van der Waals surface area contributed by atoms with Gasteiger partial charge in [-0.1, -0.05) is 19.8 Å². The van der Waals surface area contributed by atoms with Gasteiger partial charge in [0.1, 0.15) is 11.2 Å². The van der Waals surface area contributed by atoms with Crippen molar-refractivity contribution < 1.29 is 14.4 Å². The second-order valence-corrected chi connectivity index (χ2v) is 7.62. The van der Waals surface area contributed by atoms with E-state index in [1.54, 1.807) is 11.8 Å². The molecule has 27 heavy (non-hydrogen) atoms. The molecule has 3 amide bonds. The molecular formula is C19H29N5O3. The Morgan fingerprint density at radius 3 is 2.63 bits per heavy atom. The molecule has 3 rings (SSSR count). The first-order valence-corrected chi connectivity index (χ1v) is 9.89. The summed E-state index contributed by atoms with van der Waals surface area (Å²) < 4.78 is 1.51. The standard InChI is InChI=1S/C19H29N5O3/c1-4-10-23-17(26)15-11-14(16(25)20-5-2)22-24(15)12-19(23,3)18(27)21-13-8-6-7-9-13/h11,13H,4-10,12H2,1-3H3,(H,20,25)(H,21,27). The van der Waals surface area contributed by atoms with Gasteiger partial charge in [-0.05, 0) is 33.1 Å². The summed E-state index contributed by atoms with van der Waals surface area (Å²) in [6, 6.07) is 1.70. The SMILES string of the molecule is CCCN1C(=O)c2cc(C(=O)NCC)nn2CC1(C)C(=O)NC1CCCC1. The minimum atomic E-state index is -1.02. The Kier molecular flexibility index (Phi) is 5.53. The Bertz CT molecular complexity index is 738. The summed E-state index contributed by atoms with van der Waals surface area (Å²) >= 11 is 0. The third kappa shape index (κ3) is 3.57. The second kappa shape index (κ2) is 7.70. The molecule has 1 atom stereocenters. The molecule has 2 heterocycles. The lowest BCUT2D eigenvalue weighted by molar-refractivity contribution is -0.133. The lowest BCUT2D eigenvalue weighted by atomic mass is 9.94. The number of amides is 3. The zero-order valence-corrected chi connectivity index (χ0v) is 16.4. The van der Waals surface area contributed by atoms with Crippen LogP contribution in [0, 0.1) is 0 Å². The maximum atomic E-state index is 13.1.